The van der Waals surface area contributed by atoms with Crippen molar-refractivity contribution in [2.45, 2.75) is 26.8 Å². The van der Waals surface area contributed by atoms with E-state index < -0.39 is 0 Å². The molecule has 0 bridgehead atoms. The first-order valence-corrected chi connectivity index (χ1v) is 5.08. The van der Waals surface area contributed by atoms with Crippen LogP contribution in [0.25, 0.3) is 0 Å². The molecule has 0 aliphatic rings. The van der Waals surface area contributed by atoms with Gasteiger partial charge < -0.3 is 4.90 Å². The zero-order chi connectivity index (χ0) is 10.6. The lowest BCUT2D eigenvalue weighted by atomic mass is 10.1. The Morgan fingerprint density at radius 3 is 2.36 bits per heavy atom. The predicted octanol–water partition coefficient (Wildman–Crippen LogP) is 3.35. The molecule has 0 amide bonds. The molecule has 0 radical (unpaired) electrons. The molecule has 0 aliphatic carbocycles. The van der Waals surface area contributed by atoms with Crippen molar-refractivity contribution in [3.05, 3.63) is 47.7 Å². The molecule has 14 heavy (non-hydrogen) atoms. The maximum atomic E-state index is 4.01. The van der Waals surface area contributed by atoms with E-state index in [2.05, 4.69) is 56.6 Å². The van der Waals surface area contributed by atoms with Crippen LogP contribution >= 0.6 is 0 Å². The van der Waals surface area contributed by atoms with E-state index in [1.165, 1.54) is 16.8 Å². The minimum absolute atomic E-state index is 0.951. The summed E-state index contributed by atoms with van der Waals surface area (Å²) in [5, 5.41) is 0. The van der Waals surface area contributed by atoms with Gasteiger partial charge in [-0.05, 0) is 18.9 Å². The monoisotopic (exact) mass is 189 g/mol. The number of nitrogens with zero attached hydrogens (tertiary/aromatic N) is 1. The minimum atomic E-state index is 0.951. The van der Waals surface area contributed by atoms with E-state index in [4.69, 9.17) is 0 Å². The van der Waals surface area contributed by atoms with Crippen LogP contribution in [-0.4, -0.2) is 11.9 Å². The van der Waals surface area contributed by atoms with Gasteiger partial charge in [-0.3, -0.25) is 0 Å². The molecule has 0 unspecified atom stereocenters. The predicted molar refractivity (Wildman–Crippen MR) is 62.1 cm³/mol. The van der Waals surface area contributed by atoms with E-state index in [0.717, 1.165) is 13.0 Å². The molecule has 1 aromatic carbocycles. The SMILES string of the molecule is C=C(CC)N(C)Cc1ccc(C)cc1. The highest BCUT2D eigenvalue weighted by molar-refractivity contribution is 5.21. The molecule has 0 fully saturated rings. The van der Waals surface area contributed by atoms with Crippen LogP contribution in [0.2, 0.25) is 0 Å². The lowest BCUT2D eigenvalue weighted by molar-refractivity contribution is 0.401. The molecule has 0 aliphatic heterocycles. The molecule has 1 nitrogen and oxygen atoms in total. The second-order valence-corrected chi connectivity index (χ2v) is 3.76. The van der Waals surface area contributed by atoms with Gasteiger partial charge in [-0.1, -0.05) is 43.3 Å². The van der Waals surface area contributed by atoms with Crippen molar-refractivity contribution in [1.29, 1.82) is 0 Å². The Balaban J connectivity index is 2.60. The molecular weight excluding hydrogens is 170 g/mol. The van der Waals surface area contributed by atoms with Gasteiger partial charge in [0, 0.05) is 19.3 Å². The minimum Gasteiger partial charge on any atom is -0.374 e. The highest BCUT2D eigenvalue weighted by Gasteiger charge is 2.00. The molecule has 0 saturated heterocycles. The quantitative estimate of drug-likeness (QED) is 0.702. The van der Waals surface area contributed by atoms with Gasteiger partial charge in [0.05, 0.1) is 0 Å². The Kier molecular flexibility index (Phi) is 3.75. The van der Waals surface area contributed by atoms with Crippen LogP contribution in [0.3, 0.4) is 0 Å². The number of allylic oxidation sites excluding steroid dienone is 1. The largest absolute Gasteiger partial charge is 0.374 e. The van der Waals surface area contributed by atoms with Crippen LogP contribution in [0.15, 0.2) is 36.5 Å². The Labute approximate surface area is 87.1 Å². The van der Waals surface area contributed by atoms with Gasteiger partial charge in [-0.2, -0.15) is 0 Å². The van der Waals surface area contributed by atoms with E-state index >= 15 is 0 Å². The zero-order valence-corrected chi connectivity index (χ0v) is 9.38. The van der Waals surface area contributed by atoms with Crippen molar-refractivity contribution in [3.8, 4) is 0 Å². The number of rotatable bonds is 4. The molecule has 0 heterocycles. The number of hydrogen-bond acceptors (Lipinski definition) is 1. The van der Waals surface area contributed by atoms with Gasteiger partial charge in [0.25, 0.3) is 0 Å². The van der Waals surface area contributed by atoms with Crippen LogP contribution in [0.5, 0.6) is 0 Å². The maximum absolute atomic E-state index is 4.01. The molecule has 76 valence electrons. The fourth-order valence-electron chi connectivity index (χ4n) is 1.35. The fourth-order valence-corrected chi connectivity index (χ4v) is 1.35. The third-order valence-electron chi connectivity index (χ3n) is 2.49. The Morgan fingerprint density at radius 1 is 1.29 bits per heavy atom. The summed E-state index contributed by atoms with van der Waals surface area (Å²) in [5.41, 5.74) is 3.84. The second kappa shape index (κ2) is 4.85. The highest BCUT2D eigenvalue weighted by Crippen LogP contribution is 2.10. The van der Waals surface area contributed by atoms with E-state index in [1.807, 2.05) is 0 Å². The summed E-state index contributed by atoms with van der Waals surface area (Å²) in [7, 11) is 2.09. The molecule has 0 saturated carbocycles. The zero-order valence-electron chi connectivity index (χ0n) is 9.38. The topological polar surface area (TPSA) is 3.24 Å². The number of aryl methyl sites for hydroxylation is 1. The fraction of sp³-hybridized carbons (Fsp3) is 0.385. The van der Waals surface area contributed by atoms with Crippen LogP contribution in [-0.2, 0) is 6.54 Å². The lowest BCUT2D eigenvalue weighted by Crippen LogP contribution is -2.15. The molecule has 1 heteroatoms. The third-order valence-corrected chi connectivity index (χ3v) is 2.49. The van der Waals surface area contributed by atoms with E-state index in [0.29, 0.717) is 0 Å². The van der Waals surface area contributed by atoms with E-state index in [1.54, 1.807) is 0 Å². The molecule has 0 atom stereocenters. The van der Waals surface area contributed by atoms with Gasteiger partial charge >= 0.3 is 0 Å². The van der Waals surface area contributed by atoms with Crippen LogP contribution in [0.1, 0.15) is 24.5 Å². The van der Waals surface area contributed by atoms with Gasteiger partial charge in [-0.15, -0.1) is 0 Å². The Morgan fingerprint density at radius 2 is 1.86 bits per heavy atom. The summed E-state index contributed by atoms with van der Waals surface area (Å²) in [6.45, 7) is 9.21. The summed E-state index contributed by atoms with van der Waals surface area (Å²) in [5.74, 6) is 0. The number of benzene rings is 1. The maximum Gasteiger partial charge on any atom is 0.0423 e. The van der Waals surface area contributed by atoms with Gasteiger partial charge in [0.15, 0.2) is 0 Å². The van der Waals surface area contributed by atoms with Crippen LogP contribution in [0.4, 0.5) is 0 Å². The van der Waals surface area contributed by atoms with Crippen molar-refractivity contribution >= 4 is 0 Å². The molecule has 0 N–H and O–H groups in total. The molecule has 0 spiro atoms. The standard InChI is InChI=1S/C13H19N/c1-5-12(3)14(4)10-13-8-6-11(2)7-9-13/h6-9H,3,5,10H2,1-2,4H3. The Bertz CT molecular complexity index is 298. The average molecular weight is 189 g/mol. The summed E-state index contributed by atoms with van der Waals surface area (Å²) < 4.78 is 0. The van der Waals surface area contributed by atoms with Crippen LogP contribution in [0, 0.1) is 6.92 Å². The third kappa shape index (κ3) is 2.91. The number of hydrogen-bond donors (Lipinski definition) is 0. The summed E-state index contributed by atoms with van der Waals surface area (Å²) in [6, 6.07) is 8.65. The average Bonchev–Trinajstić information content (AvgIpc) is 2.20. The van der Waals surface area contributed by atoms with Gasteiger partial charge in [-0.25, -0.2) is 0 Å². The summed E-state index contributed by atoms with van der Waals surface area (Å²) in [4.78, 5) is 2.20. The Hall–Kier alpha value is -1.24. The van der Waals surface area contributed by atoms with Crippen molar-refractivity contribution in [2.75, 3.05) is 7.05 Å². The molecular formula is C13H19N. The lowest BCUT2D eigenvalue weighted by Gasteiger charge is -2.20. The summed E-state index contributed by atoms with van der Waals surface area (Å²) >= 11 is 0. The van der Waals surface area contributed by atoms with Gasteiger partial charge in [0.2, 0.25) is 0 Å². The van der Waals surface area contributed by atoms with Crippen molar-refractivity contribution in [1.82, 2.24) is 4.90 Å². The molecule has 1 aromatic rings. The highest BCUT2D eigenvalue weighted by atomic mass is 15.1. The summed E-state index contributed by atoms with van der Waals surface area (Å²) in [6.07, 6.45) is 1.02. The smallest absolute Gasteiger partial charge is 0.0423 e. The van der Waals surface area contributed by atoms with Gasteiger partial charge in [0.1, 0.15) is 0 Å². The first-order valence-electron chi connectivity index (χ1n) is 5.08. The van der Waals surface area contributed by atoms with E-state index in [9.17, 15) is 0 Å². The normalized spacial score (nSPS) is 9.93. The first-order chi connectivity index (χ1) is 6.63. The molecule has 1 rings (SSSR count). The second-order valence-electron chi connectivity index (χ2n) is 3.76. The molecule has 0 aromatic heterocycles. The van der Waals surface area contributed by atoms with E-state index in [-0.39, 0.29) is 0 Å². The first kappa shape index (κ1) is 10.8. The van der Waals surface area contributed by atoms with Crippen molar-refractivity contribution in [3.63, 3.8) is 0 Å². The van der Waals surface area contributed by atoms with Crippen molar-refractivity contribution < 1.29 is 0 Å². The van der Waals surface area contributed by atoms with Crippen LogP contribution < -0.4 is 0 Å². The van der Waals surface area contributed by atoms with Crippen molar-refractivity contribution in [2.24, 2.45) is 0 Å².